The van der Waals surface area contributed by atoms with E-state index in [0.29, 0.717) is 24.7 Å². The predicted octanol–water partition coefficient (Wildman–Crippen LogP) is 2.24. The van der Waals surface area contributed by atoms with E-state index in [-0.39, 0.29) is 12.1 Å². The molecule has 0 fully saturated rings. The highest BCUT2D eigenvalue weighted by Crippen LogP contribution is 2.26. The summed E-state index contributed by atoms with van der Waals surface area (Å²) in [5.74, 6) is 0.0398. The van der Waals surface area contributed by atoms with Crippen LogP contribution in [0.1, 0.15) is 23.1 Å². The molecule has 3 heterocycles. The minimum Gasteiger partial charge on any atom is -0.481 e. The second-order valence-corrected chi connectivity index (χ2v) is 6.53. The predicted molar refractivity (Wildman–Crippen MR) is 98.9 cm³/mol. The van der Waals surface area contributed by atoms with E-state index < -0.39 is 17.8 Å². The van der Waals surface area contributed by atoms with Crippen molar-refractivity contribution in [2.24, 2.45) is 0 Å². The Morgan fingerprint density at radius 1 is 1.32 bits per heavy atom. The maximum atomic E-state index is 13.9. The van der Waals surface area contributed by atoms with Crippen LogP contribution in [0.4, 0.5) is 4.39 Å². The number of nitrogens with one attached hydrogen (secondary N) is 1. The first-order chi connectivity index (χ1) is 13.6. The number of aromatic amines is 1. The van der Waals surface area contributed by atoms with Gasteiger partial charge in [-0.2, -0.15) is 0 Å². The van der Waals surface area contributed by atoms with Gasteiger partial charge in [-0.1, -0.05) is 18.2 Å². The van der Waals surface area contributed by atoms with Gasteiger partial charge in [0.1, 0.15) is 11.6 Å². The number of carbonyl (C=O) groups excluding carboxylic acids is 1. The first-order valence-electron chi connectivity index (χ1n) is 8.86. The third-order valence-corrected chi connectivity index (χ3v) is 4.80. The molecule has 0 radical (unpaired) electrons. The summed E-state index contributed by atoms with van der Waals surface area (Å²) < 4.78 is 18.9. The molecule has 8 heteroatoms. The molecular weight excluding hydrogens is 363 g/mol. The Morgan fingerprint density at radius 2 is 2.14 bits per heavy atom. The number of ether oxygens (including phenoxy) is 1. The summed E-state index contributed by atoms with van der Waals surface area (Å²) in [5, 5.41) is 10.3. The van der Waals surface area contributed by atoms with Crippen LogP contribution in [0, 0.1) is 5.82 Å². The summed E-state index contributed by atoms with van der Waals surface area (Å²) in [5.41, 5.74) is 2.45. The number of imidazole rings is 1. The molecule has 0 unspecified atom stereocenters. The Labute approximate surface area is 160 Å². The highest BCUT2D eigenvalue weighted by atomic mass is 19.1. The standard InChI is InChI=1S/C20H19FN4O3/c1-28-17-7-6-12(10-22-17)19-23-15-8-9-25(11-16(15)24-19)20(27)18(26)13-4-2-3-5-14(13)21/h2-7,10,18,26H,8-9,11H2,1H3,(H,23,24)/t18-/m1/s1. The van der Waals surface area contributed by atoms with Crippen molar-refractivity contribution in [3.63, 3.8) is 0 Å². The number of nitrogens with zero attached hydrogens (tertiary/aromatic N) is 3. The lowest BCUT2D eigenvalue weighted by Crippen LogP contribution is -2.39. The lowest BCUT2D eigenvalue weighted by Gasteiger charge is -2.28. The van der Waals surface area contributed by atoms with Crippen molar-refractivity contribution in [3.8, 4) is 17.3 Å². The summed E-state index contributed by atoms with van der Waals surface area (Å²) in [4.78, 5) is 26.2. The monoisotopic (exact) mass is 382 g/mol. The zero-order chi connectivity index (χ0) is 19.7. The largest absolute Gasteiger partial charge is 0.481 e. The lowest BCUT2D eigenvalue weighted by molar-refractivity contribution is -0.141. The van der Waals surface area contributed by atoms with Gasteiger partial charge in [0.15, 0.2) is 6.10 Å². The van der Waals surface area contributed by atoms with E-state index in [1.807, 2.05) is 6.07 Å². The number of fused-ring (bicyclic) bond motifs is 1. The molecule has 4 rings (SSSR count). The highest BCUT2D eigenvalue weighted by molar-refractivity contribution is 5.82. The fourth-order valence-electron chi connectivity index (χ4n) is 3.26. The van der Waals surface area contributed by atoms with E-state index in [1.54, 1.807) is 25.4 Å². The number of rotatable bonds is 4. The first-order valence-corrected chi connectivity index (χ1v) is 8.86. The van der Waals surface area contributed by atoms with Crippen LogP contribution in [0.15, 0.2) is 42.6 Å². The quantitative estimate of drug-likeness (QED) is 0.722. The van der Waals surface area contributed by atoms with Gasteiger partial charge in [0.25, 0.3) is 5.91 Å². The van der Waals surface area contributed by atoms with Crippen molar-refractivity contribution in [1.29, 1.82) is 0 Å². The van der Waals surface area contributed by atoms with Crippen LogP contribution < -0.4 is 4.74 Å². The van der Waals surface area contributed by atoms with E-state index >= 15 is 0 Å². The van der Waals surface area contributed by atoms with Gasteiger partial charge in [-0.15, -0.1) is 0 Å². The molecule has 0 spiro atoms. The molecule has 2 aromatic heterocycles. The first kappa shape index (κ1) is 18.1. The van der Waals surface area contributed by atoms with Gasteiger partial charge < -0.3 is 19.7 Å². The number of amides is 1. The van der Waals surface area contributed by atoms with Gasteiger partial charge >= 0.3 is 0 Å². The topological polar surface area (TPSA) is 91.3 Å². The molecule has 1 amide bonds. The Balaban J connectivity index is 1.52. The fourth-order valence-corrected chi connectivity index (χ4v) is 3.26. The molecule has 2 N–H and O–H groups in total. The summed E-state index contributed by atoms with van der Waals surface area (Å²) >= 11 is 0. The number of aliphatic hydroxyl groups excluding tert-OH is 1. The number of halogens is 1. The molecule has 3 aromatic rings. The Bertz CT molecular complexity index is 1000. The average molecular weight is 382 g/mol. The van der Waals surface area contributed by atoms with Crippen LogP contribution in [-0.2, 0) is 17.8 Å². The normalized spacial score (nSPS) is 14.5. The van der Waals surface area contributed by atoms with Crippen LogP contribution in [-0.4, -0.2) is 44.5 Å². The molecule has 1 atom stereocenters. The van der Waals surface area contributed by atoms with Crippen molar-refractivity contribution in [2.45, 2.75) is 19.1 Å². The van der Waals surface area contributed by atoms with E-state index in [4.69, 9.17) is 4.74 Å². The molecule has 1 aromatic carbocycles. The SMILES string of the molecule is COc1ccc(-c2nc3c([nH]2)CN(C(=O)[C@H](O)c2ccccc2F)CC3)cn1. The molecule has 7 nitrogen and oxygen atoms in total. The number of hydrogen-bond donors (Lipinski definition) is 2. The van der Waals surface area contributed by atoms with Crippen molar-refractivity contribution in [3.05, 3.63) is 65.4 Å². The van der Waals surface area contributed by atoms with Gasteiger partial charge in [-0.25, -0.2) is 14.4 Å². The number of H-pyrrole nitrogens is 1. The number of carbonyl (C=O) groups is 1. The minimum absolute atomic E-state index is 0.0205. The maximum absolute atomic E-state index is 13.9. The van der Waals surface area contributed by atoms with Gasteiger partial charge in [0.05, 0.1) is 25.0 Å². The minimum atomic E-state index is -1.53. The number of aromatic nitrogens is 3. The third kappa shape index (κ3) is 3.34. The number of benzene rings is 1. The summed E-state index contributed by atoms with van der Waals surface area (Å²) in [6, 6.07) is 9.34. The summed E-state index contributed by atoms with van der Waals surface area (Å²) in [6.07, 6.45) is 0.676. The van der Waals surface area contributed by atoms with Crippen LogP contribution in [0.5, 0.6) is 5.88 Å². The zero-order valence-electron chi connectivity index (χ0n) is 15.2. The second-order valence-electron chi connectivity index (χ2n) is 6.53. The van der Waals surface area contributed by atoms with E-state index in [2.05, 4.69) is 15.0 Å². The number of aliphatic hydroxyl groups is 1. The van der Waals surface area contributed by atoms with Crippen LogP contribution in [0.3, 0.4) is 0 Å². The summed E-state index contributed by atoms with van der Waals surface area (Å²) in [6.45, 7) is 0.679. The summed E-state index contributed by atoms with van der Waals surface area (Å²) in [7, 11) is 1.55. The molecule has 144 valence electrons. The van der Waals surface area contributed by atoms with E-state index in [1.165, 1.54) is 23.1 Å². The Morgan fingerprint density at radius 3 is 2.86 bits per heavy atom. The molecule has 0 saturated heterocycles. The number of methoxy groups -OCH3 is 1. The van der Waals surface area contributed by atoms with Crippen LogP contribution in [0.25, 0.3) is 11.4 Å². The van der Waals surface area contributed by atoms with Crippen LogP contribution in [0.2, 0.25) is 0 Å². The third-order valence-electron chi connectivity index (χ3n) is 4.80. The second kappa shape index (κ2) is 7.40. The van der Waals surface area contributed by atoms with Crippen molar-refractivity contribution >= 4 is 5.91 Å². The molecule has 28 heavy (non-hydrogen) atoms. The van der Waals surface area contributed by atoms with Crippen molar-refractivity contribution in [2.75, 3.05) is 13.7 Å². The average Bonchev–Trinajstić information content (AvgIpc) is 3.16. The van der Waals surface area contributed by atoms with Crippen molar-refractivity contribution in [1.82, 2.24) is 19.9 Å². The van der Waals surface area contributed by atoms with Gasteiger partial charge in [0, 0.05) is 36.4 Å². The van der Waals surface area contributed by atoms with Gasteiger partial charge in [-0.3, -0.25) is 4.79 Å². The number of pyridine rings is 1. The molecule has 0 aliphatic carbocycles. The fraction of sp³-hybridized carbons (Fsp3) is 0.250. The number of hydrogen-bond acceptors (Lipinski definition) is 5. The van der Waals surface area contributed by atoms with Gasteiger partial charge in [-0.05, 0) is 12.1 Å². The molecule has 0 saturated carbocycles. The Kier molecular flexibility index (Phi) is 4.79. The highest BCUT2D eigenvalue weighted by Gasteiger charge is 2.30. The van der Waals surface area contributed by atoms with E-state index in [9.17, 15) is 14.3 Å². The molecule has 1 aliphatic rings. The zero-order valence-corrected chi connectivity index (χ0v) is 15.2. The van der Waals surface area contributed by atoms with E-state index in [0.717, 1.165) is 17.0 Å². The van der Waals surface area contributed by atoms with Gasteiger partial charge in [0.2, 0.25) is 5.88 Å². The Hall–Kier alpha value is -3.26. The van der Waals surface area contributed by atoms with Crippen LogP contribution >= 0.6 is 0 Å². The maximum Gasteiger partial charge on any atom is 0.256 e. The smallest absolute Gasteiger partial charge is 0.256 e. The molecular formula is C20H19FN4O3. The molecule has 0 bridgehead atoms. The van der Waals surface area contributed by atoms with Crippen molar-refractivity contribution < 1.29 is 19.0 Å². The molecule has 1 aliphatic heterocycles. The lowest BCUT2D eigenvalue weighted by atomic mass is 10.1.